The number of nitrogens with zero attached hydrogens (tertiary/aromatic N) is 2. The van der Waals surface area contributed by atoms with E-state index in [-0.39, 0.29) is 6.54 Å². The van der Waals surface area contributed by atoms with Crippen molar-refractivity contribution in [3.63, 3.8) is 0 Å². The second-order valence-corrected chi connectivity index (χ2v) is 4.17. The van der Waals surface area contributed by atoms with Gasteiger partial charge in [0.2, 0.25) is 0 Å². The van der Waals surface area contributed by atoms with Crippen LogP contribution in [-0.4, -0.2) is 29.1 Å². The zero-order valence-corrected chi connectivity index (χ0v) is 9.31. The van der Waals surface area contributed by atoms with Crippen LogP contribution in [0.15, 0.2) is 18.3 Å². The zero-order valence-electron chi connectivity index (χ0n) is 9.31. The molecule has 1 aromatic rings. The summed E-state index contributed by atoms with van der Waals surface area (Å²) in [6.45, 7) is 0.781. The van der Waals surface area contributed by atoms with E-state index in [0.29, 0.717) is 18.8 Å². The van der Waals surface area contributed by atoms with Gasteiger partial charge in [-0.05, 0) is 18.6 Å². The van der Waals surface area contributed by atoms with Crippen molar-refractivity contribution >= 4 is 11.8 Å². The second-order valence-electron chi connectivity index (χ2n) is 4.17. The molecule has 0 aromatic carbocycles. The van der Waals surface area contributed by atoms with Crippen LogP contribution >= 0.6 is 0 Å². The smallest absolute Gasteiger partial charge is 0.417 e. The summed E-state index contributed by atoms with van der Waals surface area (Å²) >= 11 is 0. The van der Waals surface area contributed by atoms with Crippen molar-refractivity contribution in [2.24, 2.45) is 5.92 Å². The molecule has 18 heavy (non-hydrogen) atoms. The first-order valence-corrected chi connectivity index (χ1v) is 5.39. The third kappa shape index (κ3) is 2.55. The molecule has 4 nitrogen and oxygen atoms in total. The SMILES string of the molecule is O=C(O)C1CCN(c2ccc(C(F)(F)F)cn2)C1. The van der Waals surface area contributed by atoms with E-state index in [2.05, 4.69) is 4.98 Å². The Morgan fingerprint density at radius 2 is 2.17 bits per heavy atom. The highest BCUT2D eigenvalue weighted by molar-refractivity contribution is 5.71. The Balaban J connectivity index is 2.10. The molecule has 98 valence electrons. The Kier molecular flexibility index (Phi) is 3.14. The van der Waals surface area contributed by atoms with Crippen LogP contribution in [0.1, 0.15) is 12.0 Å². The molecule has 1 atom stereocenters. The fourth-order valence-corrected chi connectivity index (χ4v) is 1.91. The molecular weight excluding hydrogens is 249 g/mol. The van der Waals surface area contributed by atoms with Crippen LogP contribution in [0.5, 0.6) is 0 Å². The Bertz CT molecular complexity index is 445. The van der Waals surface area contributed by atoms with Gasteiger partial charge >= 0.3 is 12.1 Å². The van der Waals surface area contributed by atoms with E-state index in [4.69, 9.17) is 5.11 Å². The number of aromatic nitrogens is 1. The third-order valence-corrected chi connectivity index (χ3v) is 2.94. The molecule has 2 heterocycles. The predicted octanol–water partition coefficient (Wildman–Crippen LogP) is 2.01. The Morgan fingerprint density at radius 1 is 1.44 bits per heavy atom. The lowest BCUT2D eigenvalue weighted by Crippen LogP contribution is -2.23. The Labute approximate surface area is 101 Å². The molecule has 1 aromatic heterocycles. The molecule has 0 bridgehead atoms. The number of hydrogen-bond donors (Lipinski definition) is 1. The van der Waals surface area contributed by atoms with Gasteiger partial charge in [-0.2, -0.15) is 13.2 Å². The number of halogens is 3. The topological polar surface area (TPSA) is 53.4 Å². The van der Waals surface area contributed by atoms with Crippen LogP contribution in [0.25, 0.3) is 0 Å². The van der Waals surface area contributed by atoms with Crippen molar-refractivity contribution in [3.05, 3.63) is 23.9 Å². The molecule has 0 radical (unpaired) electrons. The van der Waals surface area contributed by atoms with Gasteiger partial charge in [0.05, 0.1) is 11.5 Å². The van der Waals surface area contributed by atoms with E-state index in [1.54, 1.807) is 4.90 Å². The number of carboxylic acids is 1. The Morgan fingerprint density at radius 3 is 2.61 bits per heavy atom. The first kappa shape index (κ1) is 12.7. The average Bonchev–Trinajstić information content (AvgIpc) is 2.77. The number of pyridine rings is 1. The van der Waals surface area contributed by atoms with Crippen LogP contribution < -0.4 is 4.90 Å². The Hall–Kier alpha value is -1.79. The molecule has 7 heteroatoms. The summed E-state index contributed by atoms with van der Waals surface area (Å²) in [5.74, 6) is -0.981. The van der Waals surface area contributed by atoms with E-state index >= 15 is 0 Å². The first-order valence-electron chi connectivity index (χ1n) is 5.39. The summed E-state index contributed by atoms with van der Waals surface area (Å²) in [7, 11) is 0. The molecule has 0 saturated carbocycles. The lowest BCUT2D eigenvalue weighted by molar-refractivity contribution is -0.141. The minimum absolute atomic E-state index is 0.285. The minimum atomic E-state index is -4.40. The molecular formula is C11H11F3N2O2. The minimum Gasteiger partial charge on any atom is -0.481 e. The highest BCUT2D eigenvalue weighted by Crippen LogP contribution is 2.30. The van der Waals surface area contributed by atoms with Gasteiger partial charge in [0.1, 0.15) is 5.82 Å². The van der Waals surface area contributed by atoms with Crippen LogP contribution in [0.3, 0.4) is 0 Å². The molecule has 1 fully saturated rings. The number of alkyl halides is 3. The van der Waals surface area contributed by atoms with Crippen molar-refractivity contribution in [2.75, 3.05) is 18.0 Å². The molecule has 1 aliphatic rings. The summed E-state index contributed by atoms with van der Waals surface area (Å²) in [6.07, 6.45) is -3.15. The van der Waals surface area contributed by atoms with Crippen molar-refractivity contribution < 1.29 is 23.1 Å². The lowest BCUT2D eigenvalue weighted by Gasteiger charge is -2.17. The summed E-state index contributed by atoms with van der Waals surface area (Å²) in [5.41, 5.74) is -0.805. The number of carboxylic acid groups (broad SMARTS) is 1. The lowest BCUT2D eigenvalue weighted by atomic mass is 10.1. The third-order valence-electron chi connectivity index (χ3n) is 2.94. The van der Waals surface area contributed by atoms with Gasteiger partial charge in [0.25, 0.3) is 0 Å². The van der Waals surface area contributed by atoms with Crippen molar-refractivity contribution in [3.8, 4) is 0 Å². The van der Waals surface area contributed by atoms with Crippen LogP contribution in [0.2, 0.25) is 0 Å². The summed E-state index contributed by atoms with van der Waals surface area (Å²) in [5, 5.41) is 8.83. The van der Waals surface area contributed by atoms with Crippen molar-refractivity contribution in [2.45, 2.75) is 12.6 Å². The number of hydrogen-bond acceptors (Lipinski definition) is 3. The first-order chi connectivity index (χ1) is 8.38. The standard InChI is InChI=1S/C11H11F3N2O2/c12-11(13,14)8-1-2-9(15-5-8)16-4-3-7(6-16)10(17)18/h1-2,5,7H,3-4,6H2,(H,17,18). The average molecular weight is 260 g/mol. The van der Waals surface area contributed by atoms with E-state index in [9.17, 15) is 18.0 Å². The molecule has 2 rings (SSSR count). The van der Waals surface area contributed by atoms with Gasteiger partial charge in [-0.3, -0.25) is 4.79 Å². The highest BCUT2D eigenvalue weighted by atomic mass is 19.4. The van der Waals surface area contributed by atoms with Crippen molar-refractivity contribution in [1.29, 1.82) is 0 Å². The second kappa shape index (κ2) is 4.47. The molecule has 0 aliphatic carbocycles. The molecule has 1 aliphatic heterocycles. The zero-order chi connectivity index (χ0) is 13.3. The fourth-order valence-electron chi connectivity index (χ4n) is 1.91. The van der Waals surface area contributed by atoms with Crippen LogP contribution in [-0.2, 0) is 11.0 Å². The quantitative estimate of drug-likeness (QED) is 0.883. The van der Waals surface area contributed by atoms with Crippen LogP contribution in [0, 0.1) is 5.92 Å². The van der Waals surface area contributed by atoms with Gasteiger partial charge in [0, 0.05) is 19.3 Å². The predicted molar refractivity (Wildman–Crippen MR) is 57.2 cm³/mol. The number of aliphatic carboxylic acids is 1. The maximum Gasteiger partial charge on any atom is 0.417 e. The molecule has 1 unspecified atom stereocenters. The number of carbonyl (C=O) groups is 1. The van der Waals surface area contributed by atoms with E-state index in [1.807, 2.05) is 0 Å². The van der Waals surface area contributed by atoms with Gasteiger partial charge in [-0.25, -0.2) is 4.98 Å². The summed E-state index contributed by atoms with van der Waals surface area (Å²) in [4.78, 5) is 16.2. The number of rotatable bonds is 2. The monoisotopic (exact) mass is 260 g/mol. The van der Waals surface area contributed by atoms with E-state index in [1.165, 1.54) is 6.07 Å². The maximum absolute atomic E-state index is 12.3. The largest absolute Gasteiger partial charge is 0.481 e. The van der Waals surface area contributed by atoms with Gasteiger partial charge in [-0.1, -0.05) is 0 Å². The maximum atomic E-state index is 12.3. The molecule has 0 spiro atoms. The molecule has 1 N–H and O–H groups in total. The summed E-state index contributed by atoms with van der Waals surface area (Å²) < 4.78 is 37.0. The van der Waals surface area contributed by atoms with E-state index in [0.717, 1.165) is 12.3 Å². The van der Waals surface area contributed by atoms with E-state index < -0.39 is 23.6 Å². The fraction of sp³-hybridized carbons (Fsp3) is 0.455. The van der Waals surface area contributed by atoms with Crippen molar-refractivity contribution in [1.82, 2.24) is 4.98 Å². The van der Waals surface area contributed by atoms with Gasteiger partial charge in [0.15, 0.2) is 0 Å². The normalized spacial score (nSPS) is 20.2. The molecule has 1 saturated heterocycles. The highest BCUT2D eigenvalue weighted by Gasteiger charge is 2.32. The number of anilines is 1. The van der Waals surface area contributed by atoms with Gasteiger partial charge in [-0.15, -0.1) is 0 Å². The summed E-state index contributed by atoms with van der Waals surface area (Å²) in [6, 6.07) is 2.23. The molecule has 0 amide bonds. The van der Waals surface area contributed by atoms with Gasteiger partial charge < -0.3 is 10.0 Å². The van der Waals surface area contributed by atoms with Crippen LogP contribution in [0.4, 0.5) is 19.0 Å².